The lowest BCUT2D eigenvalue weighted by atomic mass is 9.90. The fourth-order valence-electron chi connectivity index (χ4n) is 0.848. The maximum atomic E-state index is 10.1. The van der Waals surface area contributed by atoms with Gasteiger partial charge in [-0.25, -0.2) is 0 Å². The fourth-order valence-corrected chi connectivity index (χ4v) is 0.848. The predicted octanol–water partition coefficient (Wildman–Crippen LogP) is -1.49. The quantitative estimate of drug-likeness (QED) is 0.391. The van der Waals surface area contributed by atoms with Gasteiger partial charge in [0.05, 0.1) is 13.2 Å². The van der Waals surface area contributed by atoms with Gasteiger partial charge < -0.3 is 10.2 Å². The molecule has 0 aromatic rings. The van der Waals surface area contributed by atoms with Crippen molar-refractivity contribution in [3.8, 4) is 0 Å². The Balaban J connectivity index is 4.48. The van der Waals surface area contributed by atoms with Crippen LogP contribution in [0, 0.1) is 25.6 Å². The first kappa shape index (κ1) is 11.7. The van der Waals surface area contributed by atoms with E-state index in [-0.39, 0.29) is 0 Å². The summed E-state index contributed by atoms with van der Waals surface area (Å²) in [5.74, 6) is 0. The van der Waals surface area contributed by atoms with E-state index < -0.39 is 41.6 Å². The standard InChI is InChI=1S/C5H10N2O6/c8-3-5(4-9,1-6(10)11)2-7(12)13/h8-9H,1-4H2. The first-order valence-corrected chi connectivity index (χ1v) is 3.41. The van der Waals surface area contributed by atoms with E-state index in [9.17, 15) is 20.2 Å². The Morgan fingerprint density at radius 2 is 1.31 bits per heavy atom. The molecule has 0 spiro atoms. The van der Waals surface area contributed by atoms with Gasteiger partial charge in [-0.2, -0.15) is 0 Å². The van der Waals surface area contributed by atoms with Crippen molar-refractivity contribution in [3.05, 3.63) is 20.2 Å². The molecular weight excluding hydrogens is 184 g/mol. The minimum atomic E-state index is -1.66. The second kappa shape index (κ2) is 4.67. The topological polar surface area (TPSA) is 127 Å². The number of rotatable bonds is 6. The summed E-state index contributed by atoms with van der Waals surface area (Å²) in [6, 6.07) is 0. The summed E-state index contributed by atoms with van der Waals surface area (Å²) in [4.78, 5) is 18.6. The Morgan fingerprint density at radius 3 is 1.46 bits per heavy atom. The van der Waals surface area contributed by atoms with Gasteiger partial charge in [0, 0.05) is 9.85 Å². The molecule has 0 heterocycles. The van der Waals surface area contributed by atoms with Crippen LogP contribution in [0.3, 0.4) is 0 Å². The summed E-state index contributed by atoms with van der Waals surface area (Å²) in [5, 5.41) is 37.6. The molecule has 0 aliphatic carbocycles. The van der Waals surface area contributed by atoms with Gasteiger partial charge in [0.1, 0.15) is 5.41 Å². The van der Waals surface area contributed by atoms with Gasteiger partial charge in [-0.1, -0.05) is 0 Å². The van der Waals surface area contributed by atoms with Gasteiger partial charge >= 0.3 is 0 Å². The first-order chi connectivity index (χ1) is 5.95. The van der Waals surface area contributed by atoms with Crippen LogP contribution in [-0.2, 0) is 0 Å². The molecule has 0 radical (unpaired) electrons. The van der Waals surface area contributed by atoms with E-state index >= 15 is 0 Å². The zero-order valence-electron chi connectivity index (χ0n) is 6.75. The van der Waals surface area contributed by atoms with Crippen LogP contribution in [0.25, 0.3) is 0 Å². The summed E-state index contributed by atoms with van der Waals surface area (Å²) in [5.41, 5.74) is -1.66. The SMILES string of the molecule is O=[N+]([O-])CC(CO)(CO)C[N+](=O)[O-]. The first-order valence-electron chi connectivity index (χ1n) is 3.41. The zero-order valence-corrected chi connectivity index (χ0v) is 6.75. The highest BCUT2D eigenvalue weighted by atomic mass is 16.6. The maximum absolute atomic E-state index is 10.1. The van der Waals surface area contributed by atoms with Gasteiger partial charge in [-0.05, 0) is 0 Å². The van der Waals surface area contributed by atoms with Crippen molar-refractivity contribution in [2.75, 3.05) is 26.3 Å². The molecule has 0 saturated carbocycles. The minimum absolute atomic E-state index is 0.786. The molecule has 2 N–H and O–H groups in total. The molecule has 0 aromatic heterocycles. The van der Waals surface area contributed by atoms with E-state index in [0.717, 1.165) is 0 Å². The molecule has 0 saturated heterocycles. The Kier molecular flexibility index (Phi) is 4.21. The van der Waals surface area contributed by atoms with Gasteiger partial charge in [-0.15, -0.1) is 0 Å². The number of nitrogens with zero attached hydrogens (tertiary/aromatic N) is 2. The average molecular weight is 194 g/mol. The number of aliphatic hydroxyl groups is 2. The molecule has 0 bridgehead atoms. The summed E-state index contributed by atoms with van der Waals surface area (Å²) in [7, 11) is 0. The molecule has 0 aliphatic heterocycles. The van der Waals surface area contributed by atoms with Crippen LogP contribution >= 0.6 is 0 Å². The maximum Gasteiger partial charge on any atom is 0.220 e. The molecule has 0 atom stereocenters. The predicted molar refractivity (Wildman–Crippen MR) is 40.3 cm³/mol. The molecular formula is C5H10N2O6. The normalized spacial score (nSPS) is 11.2. The van der Waals surface area contributed by atoms with E-state index in [1.807, 2.05) is 0 Å². The highest BCUT2D eigenvalue weighted by Gasteiger charge is 2.40. The average Bonchev–Trinajstić information content (AvgIpc) is 2.01. The zero-order chi connectivity index (χ0) is 10.5. The van der Waals surface area contributed by atoms with Crippen molar-refractivity contribution in [2.24, 2.45) is 5.41 Å². The number of nitro groups is 2. The van der Waals surface area contributed by atoms with E-state index in [4.69, 9.17) is 10.2 Å². The second-order valence-electron chi connectivity index (χ2n) is 2.80. The molecule has 76 valence electrons. The molecule has 8 nitrogen and oxygen atoms in total. The van der Waals surface area contributed by atoms with Crippen molar-refractivity contribution in [1.29, 1.82) is 0 Å². The molecule has 0 aromatic carbocycles. The Hall–Kier alpha value is -1.28. The van der Waals surface area contributed by atoms with Crippen molar-refractivity contribution in [2.45, 2.75) is 0 Å². The van der Waals surface area contributed by atoms with Crippen molar-refractivity contribution in [3.63, 3.8) is 0 Å². The summed E-state index contributed by atoms with van der Waals surface area (Å²) in [6.07, 6.45) is 0. The van der Waals surface area contributed by atoms with Crippen LogP contribution in [0.15, 0.2) is 0 Å². The molecule has 0 rings (SSSR count). The monoisotopic (exact) mass is 194 g/mol. The third-order valence-corrected chi connectivity index (χ3v) is 1.60. The third kappa shape index (κ3) is 3.76. The van der Waals surface area contributed by atoms with Crippen LogP contribution in [0.1, 0.15) is 0 Å². The summed E-state index contributed by atoms with van der Waals surface area (Å²) < 4.78 is 0. The van der Waals surface area contributed by atoms with Gasteiger partial charge in [0.25, 0.3) is 0 Å². The molecule has 0 fully saturated rings. The fraction of sp³-hybridized carbons (Fsp3) is 1.00. The molecule has 8 heteroatoms. The number of hydrogen-bond acceptors (Lipinski definition) is 6. The lowest BCUT2D eigenvalue weighted by Crippen LogP contribution is -2.43. The Morgan fingerprint density at radius 1 is 1.00 bits per heavy atom. The van der Waals surface area contributed by atoms with E-state index in [1.165, 1.54) is 0 Å². The summed E-state index contributed by atoms with van der Waals surface area (Å²) >= 11 is 0. The van der Waals surface area contributed by atoms with Crippen LogP contribution in [0.5, 0.6) is 0 Å². The van der Waals surface area contributed by atoms with Gasteiger partial charge in [-0.3, -0.25) is 20.2 Å². The Bertz CT molecular complexity index is 183. The number of hydrogen-bond donors (Lipinski definition) is 2. The largest absolute Gasteiger partial charge is 0.395 e. The van der Waals surface area contributed by atoms with Crippen molar-refractivity contribution in [1.82, 2.24) is 0 Å². The lowest BCUT2D eigenvalue weighted by molar-refractivity contribution is -0.542. The van der Waals surface area contributed by atoms with E-state index in [2.05, 4.69) is 0 Å². The van der Waals surface area contributed by atoms with E-state index in [0.29, 0.717) is 0 Å². The van der Waals surface area contributed by atoms with E-state index in [1.54, 1.807) is 0 Å². The molecule has 0 unspecified atom stereocenters. The van der Waals surface area contributed by atoms with Crippen LogP contribution < -0.4 is 0 Å². The number of aliphatic hydroxyl groups excluding tert-OH is 2. The smallest absolute Gasteiger partial charge is 0.220 e. The molecule has 0 aliphatic rings. The lowest BCUT2D eigenvalue weighted by Gasteiger charge is -2.19. The third-order valence-electron chi connectivity index (χ3n) is 1.60. The Labute approximate surface area is 73.1 Å². The molecule has 0 amide bonds. The summed E-state index contributed by atoms with van der Waals surface area (Å²) in [6.45, 7) is -3.21. The highest BCUT2D eigenvalue weighted by molar-refractivity contribution is 4.76. The van der Waals surface area contributed by atoms with Crippen LogP contribution in [0.4, 0.5) is 0 Å². The van der Waals surface area contributed by atoms with Gasteiger partial charge in [0.15, 0.2) is 0 Å². The van der Waals surface area contributed by atoms with Crippen molar-refractivity contribution >= 4 is 0 Å². The van der Waals surface area contributed by atoms with Crippen LogP contribution in [-0.4, -0.2) is 46.4 Å². The van der Waals surface area contributed by atoms with Crippen molar-refractivity contribution < 1.29 is 20.1 Å². The van der Waals surface area contributed by atoms with Crippen LogP contribution in [0.2, 0.25) is 0 Å². The molecule has 13 heavy (non-hydrogen) atoms. The highest BCUT2D eigenvalue weighted by Crippen LogP contribution is 2.15. The van der Waals surface area contributed by atoms with Gasteiger partial charge in [0.2, 0.25) is 13.1 Å². The minimum Gasteiger partial charge on any atom is -0.395 e. The second-order valence-corrected chi connectivity index (χ2v) is 2.80.